The van der Waals surface area contributed by atoms with Crippen molar-refractivity contribution in [3.8, 4) is 23.1 Å². The van der Waals surface area contributed by atoms with Crippen molar-refractivity contribution in [2.75, 3.05) is 19.7 Å². The largest absolute Gasteiger partial charge is 0.396 e. The standard InChI is InChI=1S/C39H48N4O3S/c1-39(2,3)47(46)43-26-32-24-34(38(45)40-33-19-21-42(27-33)25-30-13-5-4-6-14-30)41-37(36(32)35(43)20-22-44)31-18-10-17-29(23-31)16-9-15-28-11-7-8-12-28/h4-6,10,13-14,17-18,23-24,28,33,35,44H,7-8,11-12,15,19-22,25-27H2,1-3H3,(H,40,45)/t33-,35+,47+/m1/s1. The van der Waals surface area contributed by atoms with Crippen LogP contribution >= 0.6 is 0 Å². The summed E-state index contributed by atoms with van der Waals surface area (Å²) in [5, 5.41) is 13.4. The van der Waals surface area contributed by atoms with Crippen LogP contribution in [0, 0.1) is 17.8 Å². The first kappa shape index (κ1) is 33.5. The predicted octanol–water partition coefficient (Wildman–Crippen LogP) is 6.39. The van der Waals surface area contributed by atoms with Crippen molar-refractivity contribution in [1.29, 1.82) is 0 Å². The molecule has 1 saturated heterocycles. The molecule has 0 unspecified atom stereocenters. The predicted molar refractivity (Wildman–Crippen MR) is 189 cm³/mol. The summed E-state index contributed by atoms with van der Waals surface area (Å²) in [5.41, 5.74) is 6.02. The molecule has 3 heterocycles. The monoisotopic (exact) mass is 652 g/mol. The van der Waals surface area contributed by atoms with Gasteiger partial charge in [0.1, 0.15) is 16.7 Å². The summed E-state index contributed by atoms with van der Waals surface area (Å²) in [7, 11) is -1.32. The first-order valence-electron chi connectivity index (χ1n) is 17.2. The number of nitrogens with zero attached hydrogens (tertiary/aromatic N) is 3. The lowest BCUT2D eigenvalue weighted by atomic mass is 9.95. The van der Waals surface area contributed by atoms with Gasteiger partial charge in [-0.2, -0.15) is 0 Å². The zero-order chi connectivity index (χ0) is 33.0. The summed E-state index contributed by atoms with van der Waals surface area (Å²) < 4.78 is 15.3. The van der Waals surface area contributed by atoms with Gasteiger partial charge >= 0.3 is 0 Å². The van der Waals surface area contributed by atoms with Crippen molar-refractivity contribution >= 4 is 16.9 Å². The molecule has 1 amide bonds. The van der Waals surface area contributed by atoms with Crippen LogP contribution < -0.4 is 5.32 Å². The zero-order valence-electron chi connectivity index (χ0n) is 28.0. The molecular formula is C39H48N4O3S. The minimum absolute atomic E-state index is 0.0372. The molecule has 8 heteroatoms. The number of carbonyl (C=O) groups excluding carboxylic acids is 1. The second-order valence-electron chi connectivity index (χ2n) is 14.3. The van der Waals surface area contributed by atoms with Crippen LogP contribution in [0.3, 0.4) is 0 Å². The number of nitrogens with one attached hydrogen (secondary N) is 1. The highest BCUT2D eigenvalue weighted by atomic mass is 32.2. The maximum atomic E-state index is 13.8. The molecule has 2 aliphatic heterocycles. The van der Waals surface area contributed by atoms with Gasteiger partial charge in [0.2, 0.25) is 0 Å². The number of aliphatic hydroxyl groups excluding tert-OH is 1. The van der Waals surface area contributed by atoms with Gasteiger partial charge in [-0.05, 0) is 81.7 Å². The van der Waals surface area contributed by atoms with Crippen molar-refractivity contribution in [3.63, 3.8) is 0 Å². The fraction of sp³-hybridized carbons (Fsp3) is 0.487. The second-order valence-corrected chi connectivity index (χ2v) is 16.5. The highest BCUT2D eigenvalue weighted by Gasteiger charge is 2.40. The molecule has 1 aromatic heterocycles. The second kappa shape index (κ2) is 14.8. The van der Waals surface area contributed by atoms with Gasteiger partial charge in [-0.25, -0.2) is 13.5 Å². The number of rotatable bonds is 9. The molecule has 0 bridgehead atoms. The highest BCUT2D eigenvalue weighted by Crippen LogP contribution is 2.44. The average molecular weight is 653 g/mol. The maximum Gasteiger partial charge on any atom is 0.270 e. The number of fused-ring (bicyclic) bond motifs is 1. The van der Waals surface area contributed by atoms with Crippen molar-refractivity contribution in [1.82, 2.24) is 19.5 Å². The van der Waals surface area contributed by atoms with E-state index in [-0.39, 0.29) is 24.6 Å². The number of amides is 1. The number of carbonyl (C=O) groups is 1. The first-order chi connectivity index (χ1) is 22.7. The van der Waals surface area contributed by atoms with E-state index in [1.54, 1.807) is 0 Å². The van der Waals surface area contributed by atoms with Gasteiger partial charge in [0, 0.05) is 61.9 Å². The Balaban J connectivity index is 1.30. The number of hydrogen-bond acceptors (Lipinski definition) is 5. The maximum absolute atomic E-state index is 13.8. The summed E-state index contributed by atoms with van der Waals surface area (Å²) >= 11 is 0. The Hall–Kier alpha value is -3.35. The average Bonchev–Trinajstić information content (AvgIpc) is 3.82. The van der Waals surface area contributed by atoms with Crippen LogP contribution in [-0.2, 0) is 24.1 Å². The van der Waals surface area contributed by atoms with E-state index in [0.29, 0.717) is 30.3 Å². The van der Waals surface area contributed by atoms with Crippen LogP contribution in [0.2, 0.25) is 0 Å². The van der Waals surface area contributed by atoms with E-state index in [1.165, 1.54) is 31.2 Å². The number of aromatic nitrogens is 1. The molecule has 0 spiro atoms. The number of pyridine rings is 1. The number of hydrogen-bond donors (Lipinski definition) is 2. The number of benzene rings is 2. The summed E-state index contributed by atoms with van der Waals surface area (Å²) in [4.78, 5) is 21.2. The van der Waals surface area contributed by atoms with E-state index in [4.69, 9.17) is 4.98 Å². The fourth-order valence-corrected chi connectivity index (χ4v) is 8.66. The van der Waals surface area contributed by atoms with Gasteiger partial charge in [-0.15, -0.1) is 0 Å². The SMILES string of the molecule is CC(C)(C)[S@](=O)N1Cc2cc(C(=O)N[C@@H]3CCN(Cc4ccccc4)C3)nc(-c3cccc(C#CCC4CCCC4)c3)c2[C@@H]1CCO. The molecule has 1 aliphatic carbocycles. The first-order valence-corrected chi connectivity index (χ1v) is 18.3. The Morgan fingerprint density at radius 2 is 1.85 bits per heavy atom. The van der Waals surface area contributed by atoms with Gasteiger partial charge in [0.25, 0.3) is 5.91 Å². The van der Waals surface area contributed by atoms with E-state index in [0.717, 1.165) is 54.7 Å². The van der Waals surface area contributed by atoms with Crippen molar-refractivity contribution < 1.29 is 14.1 Å². The molecular weight excluding hydrogens is 605 g/mol. The van der Waals surface area contributed by atoms with Crippen LogP contribution in [0.1, 0.15) is 105 Å². The topological polar surface area (TPSA) is 85.8 Å². The van der Waals surface area contributed by atoms with Crippen molar-refractivity contribution in [3.05, 3.63) is 88.6 Å². The van der Waals surface area contributed by atoms with Gasteiger partial charge in [0.05, 0.1) is 16.5 Å². The highest BCUT2D eigenvalue weighted by molar-refractivity contribution is 7.84. The number of aliphatic hydroxyl groups is 1. The Labute approximate surface area is 282 Å². The lowest BCUT2D eigenvalue weighted by molar-refractivity contribution is 0.0932. The fourth-order valence-electron chi connectivity index (χ4n) is 7.26. The molecule has 248 valence electrons. The summed E-state index contributed by atoms with van der Waals surface area (Å²) in [6, 6.07) is 20.1. The lowest BCUT2D eigenvalue weighted by Crippen LogP contribution is -2.37. The van der Waals surface area contributed by atoms with Crippen molar-refractivity contribution in [2.24, 2.45) is 5.92 Å². The third kappa shape index (κ3) is 8.04. The molecule has 2 aromatic carbocycles. The van der Waals surface area contributed by atoms with E-state index >= 15 is 0 Å². The van der Waals surface area contributed by atoms with Crippen LogP contribution in [0.4, 0.5) is 0 Å². The van der Waals surface area contributed by atoms with Crippen LogP contribution in [0.15, 0.2) is 60.7 Å². The van der Waals surface area contributed by atoms with Crippen molar-refractivity contribution in [2.45, 2.75) is 95.6 Å². The Kier molecular flexibility index (Phi) is 10.6. The van der Waals surface area contributed by atoms with Gasteiger partial charge in [-0.3, -0.25) is 9.69 Å². The smallest absolute Gasteiger partial charge is 0.270 e. The summed E-state index contributed by atoms with van der Waals surface area (Å²) in [6.45, 7) is 8.86. The zero-order valence-corrected chi connectivity index (χ0v) is 28.8. The minimum Gasteiger partial charge on any atom is -0.396 e. The van der Waals surface area contributed by atoms with Crippen LogP contribution in [-0.4, -0.2) is 59.9 Å². The van der Waals surface area contributed by atoms with Crippen LogP contribution in [0.25, 0.3) is 11.3 Å². The molecule has 6 rings (SSSR count). The molecule has 0 radical (unpaired) electrons. The molecule has 7 nitrogen and oxygen atoms in total. The molecule has 2 fully saturated rings. The summed E-state index contributed by atoms with van der Waals surface area (Å²) in [5.74, 6) is 7.30. The normalized spacial score (nSPS) is 20.9. The Morgan fingerprint density at radius 3 is 2.60 bits per heavy atom. The number of likely N-dealkylation sites (tertiary alicyclic amines) is 1. The molecule has 3 aromatic rings. The Morgan fingerprint density at radius 1 is 1.06 bits per heavy atom. The third-order valence-electron chi connectivity index (χ3n) is 9.61. The lowest BCUT2D eigenvalue weighted by Gasteiger charge is -2.30. The molecule has 3 atom stereocenters. The van der Waals surface area contributed by atoms with Gasteiger partial charge in [0.15, 0.2) is 0 Å². The van der Waals surface area contributed by atoms with E-state index in [2.05, 4.69) is 52.4 Å². The molecule has 2 N–H and O–H groups in total. The minimum atomic E-state index is -1.32. The van der Waals surface area contributed by atoms with Gasteiger partial charge < -0.3 is 10.4 Å². The van der Waals surface area contributed by atoms with E-state index in [9.17, 15) is 14.1 Å². The molecule has 3 aliphatic rings. The van der Waals surface area contributed by atoms with Gasteiger partial charge in [-0.1, -0.05) is 67.1 Å². The quantitative estimate of drug-likeness (QED) is 0.262. The van der Waals surface area contributed by atoms with E-state index < -0.39 is 15.7 Å². The van der Waals surface area contributed by atoms with Crippen LogP contribution in [0.5, 0.6) is 0 Å². The molecule has 1 saturated carbocycles. The Bertz CT molecular complexity index is 1650. The summed E-state index contributed by atoms with van der Waals surface area (Å²) in [6.07, 6.45) is 7.38. The third-order valence-corrected chi connectivity index (χ3v) is 11.5. The molecule has 47 heavy (non-hydrogen) atoms. The van der Waals surface area contributed by atoms with E-state index in [1.807, 2.05) is 55.4 Å².